The molecule has 0 heterocycles. The van der Waals surface area contributed by atoms with Gasteiger partial charge < -0.3 is 4.74 Å². The van der Waals surface area contributed by atoms with E-state index < -0.39 is 7.04 Å². The van der Waals surface area contributed by atoms with Gasteiger partial charge in [0.05, 0.1) is 11.2 Å². The third-order valence-electron chi connectivity index (χ3n) is 0.914. The highest BCUT2D eigenvalue weighted by Gasteiger charge is 1.88. The molecule has 0 spiro atoms. The predicted molar refractivity (Wildman–Crippen MR) is 38.0 cm³/mol. The van der Waals surface area contributed by atoms with Crippen molar-refractivity contribution in [3.05, 3.63) is 29.3 Å². The van der Waals surface area contributed by atoms with Gasteiger partial charge in [-0.15, -0.1) is 0 Å². The number of ether oxygens (including phenoxy) is 1. The maximum atomic E-state index is 6.81. The molecule has 0 unspecified atom stereocenters. The van der Waals surface area contributed by atoms with Crippen molar-refractivity contribution in [2.24, 2.45) is 0 Å². The first-order valence-electron chi connectivity index (χ1n) is 3.92. The molecule has 0 amide bonds. The lowest BCUT2D eigenvalue weighted by Crippen LogP contribution is -1.79. The Morgan fingerprint density at radius 3 is 3.22 bits per heavy atom. The summed E-state index contributed by atoms with van der Waals surface area (Å²) in [5.74, 6) is 0.252. The van der Waals surface area contributed by atoms with Gasteiger partial charge in [0.1, 0.15) is 5.75 Å². The molecule has 0 saturated carbocycles. The summed E-state index contributed by atoms with van der Waals surface area (Å²) in [6.45, 7) is 0. The van der Waals surface area contributed by atoms with Gasteiger partial charge in [0.25, 0.3) is 0 Å². The summed E-state index contributed by atoms with van der Waals surface area (Å²) >= 11 is 5.61. The average molecular weight is 146 g/mol. The largest absolute Gasteiger partial charge is 0.497 e. The zero-order chi connectivity index (χ0) is 9.19. The quantitative estimate of drug-likeness (QED) is 0.590. The van der Waals surface area contributed by atoms with Crippen LogP contribution in [0.5, 0.6) is 5.75 Å². The highest BCUT2D eigenvalue weighted by molar-refractivity contribution is 6.30. The van der Waals surface area contributed by atoms with Gasteiger partial charge in [-0.05, 0) is 18.2 Å². The molecule has 1 nitrogen and oxygen atoms in total. The zero-order valence-corrected chi connectivity index (χ0v) is 5.35. The van der Waals surface area contributed by atoms with E-state index in [9.17, 15) is 0 Å². The van der Waals surface area contributed by atoms with Crippen LogP contribution in [0.25, 0.3) is 0 Å². The Bertz CT molecular complexity index is 272. The zero-order valence-electron chi connectivity index (χ0n) is 7.60. The monoisotopic (exact) mass is 145 g/mol. The first kappa shape index (κ1) is 3.47. The number of halogens is 1. The molecular weight excluding hydrogens is 136 g/mol. The molecule has 9 heavy (non-hydrogen) atoms. The van der Waals surface area contributed by atoms with Gasteiger partial charge in [-0.2, -0.15) is 0 Å². The smallest absolute Gasteiger partial charge is 0.120 e. The number of rotatable bonds is 1. The van der Waals surface area contributed by atoms with Gasteiger partial charge in [0, 0.05) is 5.02 Å². The summed E-state index contributed by atoms with van der Waals surface area (Å²) in [7, 11) is -2.41. The molecule has 2 heteroatoms. The Morgan fingerprint density at radius 1 is 1.67 bits per heavy atom. The summed E-state index contributed by atoms with van der Waals surface area (Å²) in [6, 6.07) is 6.27. The Morgan fingerprint density at radius 2 is 2.56 bits per heavy atom. The molecule has 0 N–H and O–H groups in total. The molecule has 0 aromatic heterocycles. The van der Waals surface area contributed by atoms with Crippen molar-refractivity contribution in [2.75, 3.05) is 7.04 Å². The second-order valence-corrected chi connectivity index (χ2v) is 2.00. The number of hydrogen-bond acceptors (Lipinski definition) is 1. The fourth-order valence-electron chi connectivity index (χ4n) is 0.530. The molecule has 1 rings (SSSR count). The van der Waals surface area contributed by atoms with Crippen LogP contribution >= 0.6 is 11.6 Å². The van der Waals surface area contributed by atoms with E-state index in [2.05, 4.69) is 4.74 Å². The van der Waals surface area contributed by atoms with Crippen molar-refractivity contribution in [2.45, 2.75) is 0 Å². The van der Waals surface area contributed by atoms with Gasteiger partial charge >= 0.3 is 0 Å². The van der Waals surface area contributed by atoms with E-state index in [1.54, 1.807) is 12.1 Å². The minimum absolute atomic E-state index is 0.252. The van der Waals surface area contributed by atoms with Crippen LogP contribution in [0.15, 0.2) is 24.3 Å². The second-order valence-electron chi connectivity index (χ2n) is 1.56. The molecule has 0 saturated heterocycles. The molecule has 0 atom stereocenters. The number of benzene rings is 1. The average Bonchev–Trinajstić information content (AvgIpc) is 1.82. The Labute approximate surface area is 63.4 Å². The lowest BCUT2D eigenvalue weighted by molar-refractivity contribution is 0.415. The predicted octanol–water partition coefficient (Wildman–Crippen LogP) is 2.35. The molecule has 0 fully saturated rings. The van der Waals surface area contributed by atoms with Gasteiger partial charge in [-0.25, -0.2) is 0 Å². The van der Waals surface area contributed by atoms with E-state index in [-0.39, 0.29) is 5.75 Å². The fourth-order valence-corrected chi connectivity index (χ4v) is 0.711. The first-order chi connectivity index (χ1) is 5.47. The van der Waals surface area contributed by atoms with Gasteiger partial charge in [0.2, 0.25) is 0 Å². The van der Waals surface area contributed by atoms with Crippen LogP contribution in [0.2, 0.25) is 5.02 Å². The lowest BCUT2D eigenvalue weighted by atomic mass is 10.3. The fraction of sp³-hybridized carbons (Fsp3) is 0.143. The molecule has 1 aromatic rings. The molecule has 1 aromatic carbocycles. The van der Waals surface area contributed by atoms with Crippen molar-refractivity contribution < 1.29 is 8.85 Å². The van der Waals surface area contributed by atoms with Crippen LogP contribution in [0.3, 0.4) is 0 Å². The van der Waals surface area contributed by atoms with Crippen molar-refractivity contribution in [1.29, 1.82) is 0 Å². The number of methoxy groups -OCH3 is 1. The van der Waals surface area contributed by atoms with Crippen LogP contribution in [0.1, 0.15) is 4.11 Å². The van der Waals surface area contributed by atoms with E-state index in [4.69, 9.17) is 15.7 Å². The first-order valence-corrected chi connectivity index (χ1v) is 2.80. The van der Waals surface area contributed by atoms with E-state index in [1.807, 2.05) is 0 Å². The van der Waals surface area contributed by atoms with Crippen LogP contribution in [0.4, 0.5) is 0 Å². The normalized spacial score (nSPS) is 15.4. The van der Waals surface area contributed by atoms with Crippen molar-refractivity contribution in [3.8, 4) is 5.75 Å². The number of hydrogen-bond donors (Lipinski definition) is 0. The third kappa shape index (κ3) is 1.61. The summed E-state index contributed by atoms with van der Waals surface area (Å²) < 4.78 is 25.0. The van der Waals surface area contributed by atoms with E-state index in [1.165, 1.54) is 12.1 Å². The molecular formula is C7H7ClO. The highest BCUT2D eigenvalue weighted by atomic mass is 35.5. The van der Waals surface area contributed by atoms with Gasteiger partial charge in [-0.1, -0.05) is 17.7 Å². The molecule has 0 aliphatic heterocycles. The van der Waals surface area contributed by atoms with Crippen LogP contribution in [0, 0.1) is 0 Å². The highest BCUT2D eigenvalue weighted by Crippen LogP contribution is 2.15. The second kappa shape index (κ2) is 2.74. The molecule has 48 valence electrons. The van der Waals surface area contributed by atoms with E-state index in [0.717, 1.165) is 0 Å². The molecule has 0 aliphatic carbocycles. The van der Waals surface area contributed by atoms with Crippen molar-refractivity contribution in [3.63, 3.8) is 0 Å². The maximum absolute atomic E-state index is 6.81. The van der Waals surface area contributed by atoms with E-state index >= 15 is 0 Å². The van der Waals surface area contributed by atoms with E-state index in [0.29, 0.717) is 5.02 Å². The van der Waals surface area contributed by atoms with Crippen LogP contribution in [-0.4, -0.2) is 7.04 Å². The summed E-state index contributed by atoms with van der Waals surface area (Å²) in [6.07, 6.45) is 0. The third-order valence-corrected chi connectivity index (χ3v) is 1.15. The minimum Gasteiger partial charge on any atom is -0.497 e. The van der Waals surface area contributed by atoms with Crippen LogP contribution < -0.4 is 4.74 Å². The molecule has 0 aliphatic rings. The maximum Gasteiger partial charge on any atom is 0.120 e. The Kier molecular flexibility index (Phi) is 1.06. The summed E-state index contributed by atoms with van der Waals surface area (Å²) in [5, 5.41) is 0.455. The topological polar surface area (TPSA) is 9.23 Å². The summed E-state index contributed by atoms with van der Waals surface area (Å²) in [4.78, 5) is 0. The lowest BCUT2D eigenvalue weighted by Gasteiger charge is -1.96. The molecule has 0 radical (unpaired) electrons. The van der Waals surface area contributed by atoms with Gasteiger partial charge in [0.15, 0.2) is 0 Å². The SMILES string of the molecule is [2H]C([2H])([2H])Oc1cccc(Cl)c1. The van der Waals surface area contributed by atoms with Crippen molar-refractivity contribution >= 4 is 11.6 Å². The van der Waals surface area contributed by atoms with Crippen molar-refractivity contribution in [1.82, 2.24) is 0 Å². The van der Waals surface area contributed by atoms with Gasteiger partial charge in [-0.3, -0.25) is 0 Å². The minimum atomic E-state index is -2.41. The van der Waals surface area contributed by atoms with Crippen LogP contribution in [-0.2, 0) is 0 Å². The Hall–Kier alpha value is -0.690. The Balaban J connectivity index is 2.77. The molecule has 0 bridgehead atoms. The standard InChI is InChI=1S/C7H7ClO/c1-9-7-4-2-3-6(8)5-7/h2-5H,1H3/i1D3. The summed E-state index contributed by atoms with van der Waals surface area (Å²) in [5.41, 5.74) is 0.